The van der Waals surface area contributed by atoms with Gasteiger partial charge in [0.1, 0.15) is 22.6 Å². The minimum Gasteiger partial charge on any atom is -0.494 e. The average molecular weight is 400 g/mol. The van der Waals surface area contributed by atoms with E-state index >= 15 is 0 Å². The Morgan fingerprint density at radius 2 is 1.90 bits per heavy atom. The number of nitrogens with zero attached hydrogens (tertiary/aromatic N) is 1. The van der Waals surface area contributed by atoms with Crippen LogP contribution in [0, 0.1) is 11.6 Å². The van der Waals surface area contributed by atoms with Gasteiger partial charge in [-0.15, -0.1) is 0 Å². The summed E-state index contributed by atoms with van der Waals surface area (Å²) in [5.74, 6) is -1.49. The highest BCUT2D eigenvalue weighted by atomic mass is 19.1. The lowest BCUT2D eigenvalue weighted by atomic mass is 10.1. The van der Waals surface area contributed by atoms with Crippen LogP contribution in [0.4, 0.5) is 20.2 Å². The van der Waals surface area contributed by atoms with Crippen LogP contribution in [0.2, 0.25) is 0 Å². The quantitative estimate of drug-likeness (QED) is 0.393. The maximum atomic E-state index is 14.2. The molecule has 0 spiro atoms. The molecular weight excluding hydrogens is 378 g/mol. The van der Waals surface area contributed by atoms with Gasteiger partial charge in [-0.3, -0.25) is 4.98 Å². The van der Waals surface area contributed by atoms with E-state index < -0.39 is 17.6 Å². The molecule has 0 saturated heterocycles. The molecule has 0 atom stereocenters. The zero-order chi connectivity index (χ0) is 20.8. The molecule has 152 valence electrons. The van der Waals surface area contributed by atoms with Crippen LogP contribution in [0.5, 0.6) is 5.75 Å². The number of carbonyl (C=O) groups excluding carboxylic acids is 1. The first-order chi connectivity index (χ1) is 14.0. The summed E-state index contributed by atoms with van der Waals surface area (Å²) in [7, 11) is 0. The Kier molecular flexibility index (Phi) is 6.59. The number of fused-ring (bicyclic) bond motifs is 1. The van der Waals surface area contributed by atoms with E-state index in [-0.39, 0.29) is 28.8 Å². The zero-order valence-corrected chi connectivity index (χ0v) is 16.3. The average Bonchev–Trinajstić information content (AvgIpc) is 2.70. The van der Waals surface area contributed by atoms with Crippen LogP contribution in [-0.2, 0) is 4.74 Å². The molecule has 0 fully saturated rings. The molecule has 0 saturated carbocycles. The fourth-order valence-electron chi connectivity index (χ4n) is 2.84. The highest BCUT2D eigenvalue weighted by Gasteiger charge is 2.19. The van der Waals surface area contributed by atoms with Gasteiger partial charge in [0.15, 0.2) is 5.82 Å². The second-order valence-electron chi connectivity index (χ2n) is 6.40. The number of carbonyl (C=O) groups is 1. The van der Waals surface area contributed by atoms with E-state index in [0.29, 0.717) is 18.0 Å². The molecule has 2 aromatic carbocycles. The number of pyridine rings is 1. The molecule has 0 bridgehead atoms. The van der Waals surface area contributed by atoms with Gasteiger partial charge in [-0.1, -0.05) is 13.3 Å². The van der Waals surface area contributed by atoms with E-state index in [1.54, 1.807) is 31.2 Å². The van der Waals surface area contributed by atoms with Crippen LogP contribution >= 0.6 is 0 Å². The van der Waals surface area contributed by atoms with Gasteiger partial charge in [0.05, 0.1) is 18.9 Å². The van der Waals surface area contributed by atoms with E-state index in [2.05, 4.69) is 17.2 Å². The van der Waals surface area contributed by atoms with Gasteiger partial charge < -0.3 is 14.8 Å². The lowest BCUT2D eigenvalue weighted by Gasteiger charge is -2.15. The fraction of sp³-hybridized carbons (Fsp3) is 0.273. The Labute approximate surface area is 167 Å². The first-order valence-electron chi connectivity index (χ1n) is 9.48. The number of anilines is 2. The van der Waals surface area contributed by atoms with Crippen molar-refractivity contribution in [3.63, 3.8) is 0 Å². The lowest BCUT2D eigenvalue weighted by molar-refractivity contribution is 0.0527. The Morgan fingerprint density at radius 1 is 1.14 bits per heavy atom. The third-order valence-electron chi connectivity index (χ3n) is 4.28. The number of esters is 1. The number of hydrogen-bond acceptors (Lipinski definition) is 5. The minimum absolute atomic E-state index is 0.0403. The molecule has 3 aromatic rings. The predicted molar refractivity (Wildman–Crippen MR) is 108 cm³/mol. The van der Waals surface area contributed by atoms with Crippen LogP contribution in [0.15, 0.2) is 42.6 Å². The van der Waals surface area contributed by atoms with Crippen LogP contribution in [0.25, 0.3) is 10.9 Å². The van der Waals surface area contributed by atoms with Gasteiger partial charge in [0.25, 0.3) is 0 Å². The van der Waals surface area contributed by atoms with Crippen molar-refractivity contribution in [3.05, 3.63) is 59.8 Å². The summed E-state index contributed by atoms with van der Waals surface area (Å²) in [5, 5.41) is 3.22. The molecule has 0 unspecified atom stereocenters. The smallest absolute Gasteiger partial charge is 0.341 e. The fourth-order valence-corrected chi connectivity index (χ4v) is 2.84. The molecule has 5 nitrogen and oxygen atoms in total. The van der Waals surface area contributed by atoms with Crippen molar-refractivity contribution in [2.75, 3.05) is 18.5 Å². The zero-order valence-electron chi connectivity index (χ0n) is 16.3. The largest absolute Gasteiger partial charge is 0.494 e. The molecule has 0 radical (unpaired) electrons. The van der Waals surface area contributed by atoms with E-state index in [1.807, 2.05) is 0 Å². The Hall–Kier alpha value is -3.22. The van der Waals surface area contributed by atoms with Gasteiger partial charge in [-0.05, 0) is 43.7 Å². The Bertz CT molecular complexity index is 1010. The first-order valence-corrected chi connectivity index (χ1v) is 9.48. The Morgan fingerprint density at radius 3 is 2.59 bits per heavy atom. The summed E-state index contributed by atoms with van der Waals surface area (Å²) in [6.07, 6.45) is 3.23. The molecule has 1 heterocycles. The predicted octanol–water partition coefficient (Wildman–Crippen LogP) is 5.61. The van der Waals surface area contributed by atoms with Gasteiger partial charge in [-0.25, -0.2) is 13.6 Å². The molecule has 7 heteroatoms. The van der Waals surface area contributed by atoms with Crippen molar-refractivity contribution in [2.24, 2.45) is 0 Å². The maximum Gasteiger partial charge on any atom is 0.341 e. The van der Waals surface area contributed by atoms with Crippen LogP contribution < -0.4 is 10.1 Å². The standard InChI is InChI=1S/C22H22F2N2O3/c1-3-5-10-29-16-8-6-15(7-9-16)26-20-17-11-14(23)12-19(24)21(17)25-13-18(20)22(27)28-4-2/h6-9,11-13H,3-5,10H2,1-2H3,(H,25,26). The topological polar surface area (TPSA) is 60.5 Å². The summed E-state index contributed by atoms with van der Waals surface area (Å²) in [6, 6.07) is 8.99. The maximum absolute atomic E-state index is 14.2. The number of halogens is 2. The highest BCUT2D eigenvalue weighted by Crippen LogP contribution is 2.32. The van der Waals surface area contributed by atoms with Crippen molar-refractivity contribution >= 4 is 28.2 Å². The summed E-state index contributed by atoms with van der Waals surface area (Å²) in [5.41, 5.74) is 0.899. The SMILES string of the molecule is CCCCOc1ccc(Nc2c(C(=O)OCC)cnc3c(F)cc(F)cc23)cc1. The minimum atomic E-state index is -0.807. The van der Waals surface area contributed by atoms with Crippen molar-refractivity contribution < 1.29 is 23.0 Å². The molecule has 0 amide bonds. The highest BCUT2D eigenvalue weighted by molar-refractivity contribution is 6.06. The third-order valence-corrected chi connectivity index (χ3v) is 4.28. The molecule has 29 heavy (non-hydrogen) atoms. The van der Waals surface area contributed by atoms with Crippen LogP contribution in [-0.4, -0.2) is 24.2 Å². The van der Waals surface area contributed by atoms with Crippen molar-refractivity contribution in [1.82, 2.24) is 4.98 Å². The van der Waals surface area contributed by atoms with E-state index in [4.69, 9.17) is 9.47 Å². The summed E-state index contributed by atoms with van der Waals surface area (Å²) in [4.78, 5) is 16.3. The van der Waals surface area contributed by atoms with E-state index in [1.165, 1.54) is 6.20 Å². The normalized spacial score (nSPS) is 10.8. The molecule has 0 aliphatic heterocycles. The van der Waals surface area contributed by atoms with Gasteiger partial charge >= 0.3 is 5.97 Å². The summed E-state index contributed by atoms with van der Waals surface area (Å²) in [6.45, 7) is 4.56. The lowest BCUT2D eigenvalue weighted by Crippen LogP contribution is -2.10. The molecule has 3 rings (SSSR count). The van der Waals surface area contributed by atoms with Crippen molar-refractivity contribution in [2.45, 2.75) is 26.7 Å². The van der Waals surface area contributed by atoms with Gasteiger partial charge in [0.2, 0.25) is 0 Å². The number of ether oxygens (including phenoxy) is 2. The second kappa shape index (κ2) is 9.32. The number of aromatic nitrogens is 1. The molecular formula is C22H22F2N2O3. The Balaban J connectivity index is 1.99. The van der Waals surface area contributed by atoms with Gasteiger partial charge in [0, 0.05) is 23.3 Å². The molecule has 0 aliphatic rings. The second-order valence-corrected chi connectivity index (χ2v) is 6.40. The third kappa shape index (κ3) is 4.80. The molecule has 1 N–H and O–H groups in total. The molecule has 0 aliphatic carbocycles. The first kappa shape index (κ1) is 20.5. The van der Waals surface area contributed by atoms with E-state index in [0.717, 1.165) is 25.0 Å². The number of nitrogens with one attached hydrogen (secondary N) is 1. The summed E-state index contributed by atoms with van der Waals surface area (Å²) < 4.78 is 38.8. The monoisotopic (exact) mass is 400 g/mol. The number of rotatable bonds is 8. The van der Waals surface area contributed by atoms with Crippen molar-refractivity contribution in [3.8, 4) is 5.75 Å². The number of hydrogen-bond donors (Lipinski definition) is 1. The molecule has 1 aromatic heterocycles. The number of unbranched alkanes of at least 4 members (excludes halogenated alkanes) is 1. The van der Waals surface area contributed by atoms with Gasteiger partial charge in [-0.2, -0.15) is 0 Å². The van der Waals surface area contributed by atoms with Crippen LogP contribution in [0.1, 0.15) is 37.0 Å². The van der Waals surface area contributed by atoms with Crippen molar-refractivity contribution in [1.29, 1.82) is 0 Å². The van der Waals surface area contributed by atoms with E-state index in [9.17, 15) is 13.6 Å². The van der Waals surface area contributed by atoms with Crippen LogP contribution in [0.3, 0.4) is 0 Å². The number of benzene rings is 2. The summed E-state index contributed by atoms with van der Waals surface area (Å²) >= 11 is 0.